The summed E-state index contributed by atoms with van der Waals surface area (Å²) in [6.45, 7) is 3.24. The Labute approximate surface area is 213 Å². The third kappa shape index (κ3) is 7.40. The smallest absolute Gasteiger partial charge is 0.326 e. The number of fused-ring (bicyclic) bond motifs is 1. The predicted octanol–water partition coefficient (Wildman–Crippen LogP) is 0.220. The number of para-hydroxylation sites is 1. The van der Waals surface area contributed by atoms with Crippen molar-refractivity contribution in [2.24, 2.45) is 11.7 Å². The molecule has 8 N–H and O–H groups in total. The Bertz CT molecular complexity index is 1220. The van der Waals surface area contributed by atoms with Crippen LogP contribution in [0.1, 0.15) is 31.5 Å². The van der Waals surface area contributed by atoms with E-state index in [0.717, 1.165) is 16.5 Å². The van der Waals surface area contributed by atoms with Gasteiger partial charge < -0.3 is 36.8 Å². The topological polar surface area (TPSA) is 195 Å². The molecule has 198 valence electrons. The molecule has 0 bridgehead atoms. The number of carbonyl (C=O) groups excluding carboxylic acids is 3. The first-order valence-corrected chi connectivity index (χ1v) is 12.1. The molecule has 4 unspecified atom stereocenters. The highest BCUT2D eigenvalue weighted by molar-refractivity contribution is 5.93. The van der Waals surface area contributed by atoms with Crippen molar-refractivity contribution >= 4 is 34.6 Å². The standard InChI is InChI=1S/C25H33N7O5/c1-3-14(2)22(32-23(34)18(26)8-15-10-28-19-7-5-4-6-17(15)19)24(35)29-12-21(33)31-20(25(36)37)9-16-11-27-13-30-16/h4-7,10-11,13-14,18,20,22,28H,3,8-9,12,26H2,1-2H3,(H,27,30)(H,29,35)(H,31,33)(H,32,34)(H,36,37). The molecule has 0 aliphatic carbocycles. The average Bonchev–Trinajstić information content (AvgIpc) is 3.55. The molecule has 0 spiro atoms. The average molecular weight is 512 g/mol. The summed E-state index contributed by atoms with van der Waals surface area (Å²) in [6, 6.07) is 4.68. The van der Waals surface area contributed by atoms with Gasteiger partial charge in [-0.15, -0.1) is 0 Å². The van der Waals surface area contributed by atoms with Gasteiger partial charge >= 0.3 is 5.97 Å². The van der Waals surface area contributed by atoms with Crippen molar-refractivity contribution in [2.75, 3.05) is 6.54 Å². The molecule has 2 aromatic heterocycles. The fourth-order valence-corrected chi connectivity index (χ4v) is 3.93. The van der Waals surface area contributed by atoms with E-state index in [4.69, 9.17) is 5.73 Å². The summed E-state index contributed by atoms with van der Waals surface area (Å²) in [7, 11) is 0. The first-order valence-electron chi connectivity index (χ1n) is 12.1. The molecule has 0 aliphatic rings. The van der Waals surface area contributed by atoms with Crippen molar-refractivity contribution in [3.63, 3.8) is 0 Å². The number of carbonyl (C=O) groups is 4. The van der Waals surface area contributed by atoms with Crippen LogP contribution >= 0.6 is 0 Å². The van der Waals surface area contributed by atoms with Crippen LogP contribution in [0.3, 0.4) is 0 Å². The van der Waals surface area contributed by atoms with E-state index in [-0.39, 0.29) is 18.8 Å². The third-order valence-electron chi connectivity index (χ3n) is 6.28. The van der Waals surface area contributed by atoms with Crippen LogP contribution in [-0.2, 0) is 32.0 Å². The first kappa shape index (κ1) is 27.4. The molecule has 0 radical (unpaired) electrons. The second-order valence-electron chi connectivity index (χ2n) is 9.00. The lowest BCUT2D eigenvalue weighted by atomic mass is 9.97. The maximum Gasteiger partial charge on any atom is 0.326 e. The van der Waals surface area contributed by atoms with E-state index in [1.165, 1.54) is 12.5 Å². The van der Waals surface area contributed by atoms with Gasteiger partial charge in [0.1, 0.15) is 12.1 Å². The summed E-state index contributed by atoms with van der Waals surface area (Å²) in [5.41, 5.74) is 8.54. The van der Waals surface area contributed by atoms with Gasteiger partial charge in [-0.3, -0.25) is 14.4 Å². The number of hydrogen-bond donors (Lipinski definition) is 7. The molecule has 37 heavy (non-hydrogen) atoms. The molecule has 3 rings (SSSR count). The first-order chi connectivity index (χ1) is 17.7. The van der Waals surface area contributed by atoms with Crippen molar-refractivity contribution < 1.29 is 24.3 Å². The molecule has 12 heteroatoms. The zero-order valence-corrected chi connectivity index (χ0v) is 20.8. The number of aromatic amines is 2. The van der Waals surface area contributed by atoms with Gasteiger partial charge in [0.15, 0.2) is 0 Å². The molecule has 2 heterocycles. The molecule has 0 saturated carbocycles. The summed E-state index contributed by atoms with van der Waals surface area (Å²) in [5.74, 6) is -3.17. The summed E-state index contributed by atoms with van der Waals surface area (Å²) in [4.78, 5) is 59.4. The number of carboxylic acids is 1. The molecule has 3 amide bonds. The number of aromatic nitrogens is 3. The molecule has 3 aromatic rings. The van der Waals surface area contributed by atoms with Gasteiger partial charge in [-0.2, -0.15) is 0 Å². The Morgan fingerprint density at radius 2 is 1.84 bits per heavy atom. The van der Waals surface area contributed by atoms with Crippen LogP contribution < -0.4 is 21.7 Å². The van der Waals surface area contributed by atoms with Crippen LogP contribution in [0.15, 0.2) is 43.0 Å². The van der Waals surface area contributed by atoms with Crippen LogP contribution in [0.2, 0.25) is 0 Å². The summed E-state index contributed by atoms with van der Waals surface area (Å²) < 4.78 is 0. The molecule has 4 atom stereocenters. The Morgan fingerprint density at radius 1 is 1.08 bits per heavy atom. The van der Waals surface area contributed by atoms with E-state index >= 15 is 0 Å². The number of carboxylic acid groups (broad SMARTS) is 1. The SMILES string of the molecule is CCC(C)C(NC(=O)C(N)Cc1c[nH]c2ccccc12)C(=O)NCC(=O)NC(Cc1cnc[nH]1)C(=O)O. The minimum atomic E-state index is -1.22. The van der Waals surface area contributed by atoms with Gasteiger partial charge in [0.05, 0.1) is 18.9 Å². The van der Waals surface area contributed by atoms with Gasteiger partial charge in [-0.25, -0.2) is 9.78 Å². The van der Waals surface area contributed by atoms with Crippen LogP contribution in [0.4, 0.5) is 0 Å². The highest BCUT2D eigenvalue weighted by atomic mass is 16.4. The van der Waals surface area contributed by atoms with Crippen LogP contribution in [0, 0.1) is 5.92 Å². The van der Waals surface area contributed by atoms with Gasteiger partial charge in [0.2, 0.25) is 17.7 Å². The minimum absolute atomic E-state index is 0.00882. The zero-order valence-electron chi connectivity index (χ0n) is 20.8. The fraction of sp³-hybridized carbons (Fsp3) is 0.400. The van der Waals surface area contributed by atoms with Crippen molar-refractivity contribution in [3.8, 4) is 0 Å². The van der Waals surface area contributed by atoms with Crippen LogP contribution in [0.25, 0.3) is 10.9 Å². The molecule has 12 nitrogen and oxygen atoms in total. The van der Waals surface area contributed by atoms with E-state index in [0.29, 0.717) is 12.1 Å². The Kier molecular flexibility index (Phi) is 9.39. The minimum Gasteiger partial charge on any atom is -0.480 e. The van der Waals surface area contributed by atoms with Gasteiger partial charge in [-0.05, 0) is 24.0 Å². The number of nitrogens with zero attached hydrogens (tertiary/aromatic N) is 1. The fourth-order valence-electron chi connectivity index (χ4n) is 3.93. The van der Waals surface area contributed by atoms with Crippen molar-refractivity contribution in [1.29, 1.82) is 0 Å². The Hall–Kier alpha value is -4.19. The zero-order chi connectivity index (χ0) is 26.9. The quantitative estimate of drug-likeness (QED) is 0.170. The van der Waals surface area contributed by atoms with Crippen LogP contribution in [-0.4, -0.2) is 68.4 Å². The Balaban J connectivity index is 1.56. The molecular formula is C25H33N7O5. The number of H-pyrrole nitrogens is 2. The van der Waals surface area contributed by atoms with E-state index < -0.39 is 48.4 Å². The number of rotatable bonds is 13. The van der Waals surface area contributed by atoms with Gasteiger partial charge in [0, 0.05) is 35.4 Å². The van der Waals surface area contributed by atoms with E-state index in [2.05, 4.69) is 30.9 Å². The monoisotopic (exact) mass is 511 g/mol. The number of hydrogen-bond acceptors (Lipinski definition) is 6. The summed E-state index contributed by atoms with van der Waals surface area (Å²) >= 11 is 0. The number of amides is 3. The van der Waals surface area contributed by atoms with E-state index in [9.17, 15) is 24.3 Å². The number of nitrogens with two attached hydrogens (primary N) is 1. The van der Waals surface area contributed by atoms with Crippen LogP contribution in [0.5, 0.6) is 0 Å². The number of benzene rings is 1. The van der Waals surface area contributed by atoms with Crippen molar-refractivity contribution in [3.05, 3.63) is 54.2 Å². The maximum absolute atomic E-state index is 12.9. The number of imidazole rings is 1. The van der Waals surface area contributed by atoms with Gasteiger partial charge in [0.25, 0.3) is 0 Å². The van der Waals surface area contributed by atoms with Crippen molar-refractivity contribution in [1.82, 2.24) is 30.9 Å². The highest BCUT2D eigenvalue weighted by Gasteiger charge is 2.29. The highest BCUT2D eigenvalue weighted by Crippen LogP contribution is 2.19. The maximum atomic E-state index is 12.9. The second kappa shape index (κ2) is 12.7. The lowest BCUT2D eigenvalue weighted by molar-refractivity contribution is -0.141. The second-order valence-corrected chi connectivity index (χ2v) is 9.00. The Morgan fingerprint density at radius 3 is 2.51 bits per heavy atom. The van der Waals surface area contributed by atoms with Crippen molar-refractivity contribution in [2.45, 2.75) is 51.2 Å². The lowest BCUT2D eigenvalue weighted by Gasteiger charge is -2.25. The summed E-state index contributed by atoms with van der Waals surface area (Å²) in [5, 5.41) is 18.0. The normalized spacial score (nSPS) is 14.4. The lowest BCUT2D eigenvalue weighted by Crippen LogP contribution is -2.56. The predicted molar refractivity (Wildman–Crippen MR) is 136 cm³/mol. The molecule has 0 fully saturated rings. The molecular weight excluding hydrogens is 478 g/mol. The molecule has 1 aromatic carbocycles. The largest absolute Gasteiger partial charge is 0.480 e. The molecule has 0 aliphatic heterocycles. The third-order valence-corrected chi connectivity index (χ3v) is 6.28. The van der Waals surface area contributed by atoms with E-state index in [1.807, 2.05) is 37.4 Å². The van der Waals surface area contributed by atoms with Gasteiger partial charge in [-0.1, -0.05) is 38.5 Å². The van der Waals surface area contributed by atoms with E-state index in [1.54, 1.807) is 6.92 Å². The number of nitrogens with one attached hydrogen (secondary N) is 5. The summed E-state index contributed by atoms with van der Waals surface area (Å²) in [6.07, 6.45) is 5.56. The number of aliphatic carboxylic acids is 1. The molecule has 0 saturated heterocycles.